The minimum Gasteiger partial charge on any atom is -0.382 e. The van der Waals surface area contributed by atoms with Crippen LogP contribution in [0.2, 0.25) is 0 Å². The Bertz CT molecular complexity index is 133. The van der Waals surface area contributed by atoms with E-state index in [1.807, 2.05) is 6.92 Å². The van der Waals surface area contributed by atoms with Crippen LogP contribution in [0.1, 0.15) is 32.6 Å². The Morgan fingerprint density at radius 2 is 2.00 bits per heavy atom. The molecule has 0 aliphatic carbocycles. The highest BCUT2D eigenvalue weighted by Crippen LogP contribution is 2.08. The van der Waals surface area contributed by atoms with Crippen LogP contribution in [0.15, 0.2) is 0 Å². The molecule has 0 aromatic rings. The maximum absolute atomic E-state index is 5.84. The number of hydrogen-bond acceptors (Lipinski definition) is 3. The molecule has 3 heteroatoms. The fraction of sp³-hybridized carbons (Fsp3) is 1.00. The lowest BCUT2D eigenvalue weighted by Crippen LogP contribution is -2.40. The van der Waals surface area contributed by atoms with Gasteiger partial charge in [-0.05, 0) is 52.2 Å². The molecule has 1 aliphatic rings. The summed E-state index contributed by atoms with van der Waals surface area (Å²) in [5.41, 5.74) is 5.84. The summed E-state index contributed by atoms with van der Waals surface area (Å²) in [6.45, 7) is 7.42. The van der Waals surface area contributed by atoms with E-state index in [-0.39, 0.29) is 0 Å². The molecule has 1 rings (SSSR count). The summed E-state index contributed by atoms with van der Waals surface area (Å²) in [4.78, 5) is 2.52. The van der Waals surface area contributed by atoms with E-state index < -0.39 is 0 Å². The fourth-order valence-electron chi connectivity index (χ4n) is 1.86. The number of ether oxygens (including phenoxy) is 1. The van der Waals surface area contributed by atoms with E-state index in [1.54, 1.807) is 0 Å². The molecule has 0 unspecified atom stereocenters. The predicted octanol–water partition coefficient (Wildman–Crippen LogP) is 1.23. The Hall–Kier alpha value is -0.120. The molecular weight excluding hydrogens is 176 g/mol. The zero-order chi connectivity index (χ0) is 10.2. The van der Waals surface area contributed by atoms with Crippen LogP contribution in [0.4, 0.5) is 0 Å². The molecule has 0 atom stereocenters. The van der Waals surface area contributed by atoms with E-state index in [0.717, 1.165) is 13.2 Å². The highest BCUT2D eigenvalue weighted by Gasteiger charge is 2.14. The molecule has 0 saturated carbocycles. The van der Waals surface area contributed by atoms with Gasteiger partial charge in [0.25, 0.3) is 0 Å². The normalized spacial score (nSPS) is 20.1. The average Bonchev–Trinajstić information content (AvgIpc) is 2.21. The van der Waals surface area contributed by atoms with Gasteiger partial charge in [-0.3, -0.25) is 0 Å². The van der Waals surface area contributed by atoms with Gasteiger partial charge in [-0.15, -0.1) is 0 Å². The second-order valence-electron chi connectivity index (χ2n) is 4.08. The van der Waals surface area contributed by atoms with Crippen molar-refractivity contribution in [1.29, 1.82) is 0 Å². The Kier molecular flexibility index (Phi) is 6.15. The van der Waals surface area contributed by atoms with Crippen LogP contribution in [0.25, 0.3) is 0 Å². The first kappa shape index (κ1) is 12.0. The lowest BCUT2D eigenvalue weighted by molar-refractivity contribution is 0.136. The van der Waals surface area contributed by atoms with Crippen LogP contribution >= 0.6 is 0 Å². The van der Waals surface area contributed by atoms with Gasteiger partial charge in [0.05, 0.1) is 0 Å². The average molecular weight is 200 g/mol. The lowest BCUT2D eigenvalue weighted by Gasteiger charge is -2.29. The van der Waals surface area contributed by atoms with Crippen molar-refractivity contribution in [2.45, 2.75) is 38.6 Å². The highest BCUT2D eigenvalue weighted by molar-refractivity contribution is 4.73. The Morgan fingerprint density at radius 1 is 1.29 bits per heavy atom. The van der Waals surface area contributed by atoms with Crippen LogP contribution in [0.5, 0.6) is 0 Å². The number of piperidine rings is 1. The molecule has 1 saturated heterocycles. The van der Waals surface area contributed by atoms with E-state index in [0.29, 0.717) is 6.04 Å². The summed E-state index contributed by atoms with van der Waals surface area (Å²) >= 11 is 0. The van der Waals surface area contributed by atoms with E-state index in [1.165, 1.54) is 45.3 Å². The SMILES string of the molecule is CCOCCCCN1CCC(N)CC1. The smallest absolute Gasteiger partial charge is 0.0466 e. The number of rotatable bonds is 6. The maximum Gasteiger partial charge on any atom is 0.0466 e. The van der Waals surface area contributed by atoms with Crippen molar-refractivity contribution in [3.8, 4) is 0 Å². The molecule has 14 heavy (non-hydrogen) atoms. The summed E-state index contributed by atoms with van der Waals surface area (Å²) in [7, 11) is 0. The molecular formula is C11H24N2O. The number of nitrogens with zero attached hydrogens (tertiary/aromatic N) is 1. The monoisotopic (exact) mass is 200 g/mol. The zero-order valence-electron chi connectivity index (χ0n) is 9.37. The third-order valence-corrected chi connectivity index (χ3v) is 2.85. The van der Waals surface area contributed by atoms with Gasteiger partial charge in [0.1, 0.15) is 0 Å². The van der Waals surface area contributed by atoms with Crippen LogP contribution in [-0.4, -0.2) is 43.8 Å². The summed E-state index contributed by atoms with van der Waals surface area (Å²) in [5.74, 6) is 0. The van der Waals surface area contributed by atoms with Crippen LogP contribution in [0.3, 0.4) is 0 Å². The third kappa shape index (κ3) is 4.94. The largest absolute Gasteiger partial charge is 0.382 e. The number of unbranched alkanes of at least 4 members (excludes halogenated alkanes) is 1. The molecule has 1 aliphatic heterocycles. The van der Waals surface area contributed by atoms with Crippen LogP contribution in [-0.2, 0) is 4.74 Å². The van der Waals surface area contributed by atoms with Gasteiger partial charge >= 0.3 is 0 Å². The van der Waals surface area contributed by atoms with Crippen molar-refractivity contribution in [3.05, 3.63) is 0 Å². The lowest BCUT2D eigenvalue weighted by atomic mass is 10.1. The molecule has 0 radical (unpaired) electrons. The van der Waals surface area contributed by atoms with E-state index in [4.69, 9.17) is 10.5 Å². The van der Waals surface area contributed by atoms with Crippen molar-refractivity contribution < 1.29 is 4.74 Å². The predicted molar refractivity (Wildman–Crippen MR) is 59.4 cm³/mol. The topological polar surface area (TPSA) is 38.5 Å². The summed E-state index contributed by atoms with van der Waals surface area (Å²) in [6.07, 6.45) is 4.79. The summed E-state index contributed by atoms with van der Waals surface area (Å²) in [5, 5.41) is 0. The van der Waals surface area contributed by atoms with Gasteiger partial charge < -0.3 is 15.4 Å². The molecule has 0 amide bonds. The standard InChI is InChI=1S/C11H24N2O/c1-2-14-10-4-3-7-13-8-5-11(12)6-9-13/h11H,2-10,12H2,1H3. The van der Waals surface area contributed by atoms with Crippen LogP contribution in [0, 0.1) is 0 Å². The summed E-state index contributed by atoms with van der Waals surface area (Å²) < 4.78 is 5.30. The number of likely N-dealkylation sites (tertiary alicyclic amines) is 1. The van der Waals surface area contributed by atoms with Gasteiger partial charge in [0.2, 0.25) is 0 Å². The quantitative estimate of drug-likeness (QED) is 0.655. The fourth-order valence-corrected chi connectivity index (χ4v) is 1.86. The molecule has 84 valence electrons. The van der Waals surface area contributed by atoms with Gasteiger partial charge in [-0.1, -0.05) is 0 Å². The Balaban J connectivity index is 1.91. The van der Waals surface area contributed by atoms with Crippen molar-refractivity contribution in [3.63, 3.8) is 0 Å². The van der Waals surface area contributed by atoms with Crippen molar-refractivity contribution in [1.82, 2.24) is 4.90 Å². The second-order valence-corrected chi connectivity index (χ2v) is 4.08. The van der Waals surface area contributed by atoms with Gasteiger partial charge in [0.15, 0.2) is 0 Å². The van der Waals surface area contributed by atoms with Crippen molar-refractivity contribution in [2.24, 2.45) is 5.73 Å². The number of nitrogens with two attached hydrogens (primary N) is 1. The highest BCUT2D eigenvalue weighted by atomic mass is 16.5. The first-order valence-electron chi connectivity index (χ1n) is 5.88. The molecule has 1 heterocycles. The summed E-state index contributed by atoms with van der Waals surface area (Å²) in [6, 6.07) is 0.453. The first-order chi connectivity index (χ1) is 6.83. The molecule has 1 fully saturated rings. The van der Waals surface area contributed by atoms with E-state index >= 15 is 0 Å². The number of hydrogen-bond donors (Lipinski definition) is 1. The minimum absolute atomic E-state index is 0.453. The molecule has 0 aromatic heterocycles. The Labute approximate surface area is 87.6 Å². The molecule has 2 N–H and O–H groups in total. The zero-order valence-corrected chi connectivity index (χ0v) is 9.37. The Morgan fingerprint density at radius 3 is 2.64 bits per heavy atom. The second kappa shape index (κ2) is 7.21. The van der Waals surface area contributed by atoms with Gasteiger partial charge in [0, 0.05) is 19.3 Å². The van der Waals surface area contributed by atoms with Gasteiger partial charge in [-0.25, -0.2) is 0 Å². The maximum atomic E-state index is 5.84. The first-order valence-corrected chi connectivity index (χ1v) is 5.88. The molecule has 0 spiro atoms. The minimum atomic E-state index is 0.453. The van der Waals surface area contributed by atoms with Crippen LogP contribution < -0.4 is 5.73 Å². The van der Waals surface area contributed by atoms with Crippen molar-refractivity contribution in [2.75, 3.05) is 32.8 Å². The molecule has 0 bridgehead atoms. The third-order valence-electron chi connectivity index (χ3n) is 2.85. The van der Waals surface area contributed by atoms with Crippen molar-refractivity contribution >= 4 is 0 Å². The van der Waals surface area contributed by atoms with Gasteiger partial charge in [-0.2, -0.15) is 0 Å². The van der Waals surface area contributed by atoms with E-state index in [9.17, 15) is 0 Å². The molecule has 3 nitrogen and oxygen atoms in total. The molecule has 0 aromatic carbocycles. The van der Waals surface area contributed by atoms with E-state index in [2.05, 4.69) is 4.90 Å².